The summed E-state index contributed by atoms with van der Waals surface area (Å²) >= 11 is 0. The monoisotopic (exact) mass is 1010 g/mol. The van der Waals surface area contributed by atoms with Gasteiger partial charge in [-0.1, -0.05) is 263 Å². The van der Waals surface area contributed by atoms with E-state index in [1.165, 1.54) is 231 Å². The number of phosphoric acid groups is 1. The molecule has 0 aliphatic carbocycles. The fraction of sp³-hybridized carbons (Fsp3) is 0.900. The van der Waals surface area contributed by atoms with E-state index in [0.717, 1.165) is 51.4 Å². The Hall–Kier alpha value is -1.51. The zero-order chi connectivity index (χ0) is 51.0. The molecular weight excluding hydrogens is 894 g/mol. The number of hydrogen-bond donors (Lipinski definition) is 2. The van der Waals surface area contributed by atoms with Gasteiger partial charge in [0.2, 0.25) is 0 Å². The van der Waals surface area contributed by atoms with Gasteiger partial charge in [-0.3, -0.25) is 18.6 Å². The molecule has 0 amide bonds. The Kier molecular flexibility index (Phi) is 55.6. The second-order valence-corrected chi connectivity index (χ2v) is 22.0. The number of hydrogen-bond acceptors (Lipinski definition) is 8. The van der Waals surface area contributed by atoms with Crippen molar-refractivity contribution >= 4 is 19.8 Å². The highest BCUT2D eigenvalue weighted by Crippen LogP contribution is 2.43. The molecule has 0 aliphatic heterocycles. The lowest BCUT2D eigenvalue weighted by molar-refractivity contribution is -0.161. The highest BCUT2D eigenvalue weighted by Gasteiger charge is 2.26. The molecule has 3 N–H and O–H groups in total. The van der Waals surface area contributed by atoms with Crippen LogP contribution in [0.5, 0.6) is 0 Å². The molecule has 2 unspecified atom stereocenters. The second kappa shape index (κ2) is 56.8. The standard InChI is InChI=1S/C60H116NO8P/c1-3-5-7-9-11-13-15-17-18-19-20-21-22-23-24-25-26-27-28-29-30-31-32-33-34-35-36-37-38-39-40-41-43-45-47-49-51-53-60(63)69-58(57-68-70(64,65)67-55-54-61)56-66-59(62)52-50-48-46-44-42-16-14-12-10-8-6-4-2/h12,14,19-20,58H,3-11,13,15-18,21-57,61H2,1-2H3,(H,64,65)/b14-12-,20-19-. The lowest BCUT2D eigenvalue weighted by Crippen LogP contribution is -2.29. The molecule has 0 aromatic heterocycles. The summed E-state index contributed by atoms with van der Waals surface area (Å²) in [6.07, 6.45) is 67.1. The first-order valence-corrected chi connectivity index (χ1v) is 31.8. The number of nitrogens with two attached hydrogens (primary N) is 1. The maximum atomic E-state index is 12.7. The van der Waals surface area contributed by atoms with Crippen LogP contribution in [0, 0.1) is 0 Å². The van der Waals surface area contributed by atoms with Crippen molar-refractivity contribution < 1.29 is 37.6 Å². The van der Waals surface area contributed by atoms with E-state index in [-0.39, 0.29) is 38.6 Å². The molecule has 70 heavy (non-hydrogen) atoms. The summed E-state index contributed by atoms with van der Waals surface area (Å²) in [5.41, 5.74) is 5.37. The molecule has 0 spiro atoms. The van der Waals surface area contributed by atoms with Crippen LogP contribution in [0.2, 0.25) is 0 Å². The van der Waals surface area contributed by atoms with Gasteiger partial charge in [0.25, 0.3) is 0 Å². The second-order valence-electron chi connectivity index (χ2n) is 20.6. The van der Waals surface area contributed by atoms with Crippen LogP contribution in [-0.2, 0) is 32.7 Å². The molecule has 0 rings (SSSR count). The van der Waals surface area contributed by atoms with Crippen molar-refractivity contribution in [1.82, 2.24) is 0 Å². The van der Waals surface area contributed by atoms with E-state index in [1.54, 1.807) is 0 Å². The largest absolute Gasteiger partial charge is 0.472 e. The number of unbranched alkanes of at least 4 members (excludes halogenated alkanes) is 41. The van der Waals surface area contributed by atoms with Crippen molar-refractivity contribution in [3.05, 3.63) is 24.3 Å². The van der Waals surface area contributed by atoms with E-state index in [9.17, 15) is 19.0 Å². The Bertz CT molecular complexity index is 1200. The Morgan fingerprint density at radius 2 is 0.700 bits per heavy atom. The Morgan fingerprint density at radius 3 is 1.04 bits per heavy atom. The molecule has 0 bridgehead atoms. The van der Waals surface area contributed by atoms with Gasteiger partial charge < -0.3 is 20.1 Å². The molecular formula is C60H116NO8P. The number of rotatable bonds is 58. The average molecular weight is 1010 g/mol. The molecule has 0 radical (unpaired) electrons. The van der Waals surface area contributed by atoms with Crippen LogP contribution in [0.3, 0.4) is 0 Å². The molecule has 9 nitrogen and oxygen atoms in total. The number of esters is 2. The summed E-state index contributed by atoms with van der Waals surface area (Å²) in [4.78, 5) is 35.0. The van der Waals surface area contributed by atoms with E-state index in [2.05, 4.69) is 38.2 Å². The third kappa shape index (κ3) is 55.8. The number of phosphoric ester groups is 1. The van der Waals surface area contributed by atoms with Crippen LogP contribution in [0.15, 0.2) is 24.3 Å². The van der Waals surface area contributed by atoms with E-state index in [0.29, 0.717) is 6.42 Å². The minimum absolute atomic E-state index is 0.0547. The summed E-state index contributed by atoms with van der Waals surface area (Å²) in [7, 11) is -4.38. The summed E-state index contributed by atoms with van der Waals surface area (Å²) in [6.45, 7) is 3.75. The summed E-state index contributed by atoms with van der Waals surface area (Å²) < 4.78 is 32.9. The van der Waals surface area contributed by atoms with Crippen molar-refractivity contribution in [2.75, 3.05) is 26.4 Å². The highest BCUT2D eigenvalue weighted by molar-refractivity contribution is 7.47. The van der Waals surface area contributed by atoms with Gasteiger partial charge in [0.1, 0.15) is 6.61 Å². The van der Waals surface area contributed by atoms with Crippen molar-refractivity contribution in [3.63, 3.8) is 0 Å². The fourth-order valence-corrected chi connectivity index (χ4v) is 9.81. The first kappa shape index (κ1) is 68.5. The van der Waals surface area contributed by atoms with Crippen LogP contribution in [0.1, 0.15) is 316 Å². The number of carbonyl (C=O) groups excluding carboxylic acids is 2. The maximum absolute atomic E-state index is 12.7. The van der Waals surface area contributed by atoms with Crippen molar-refractivity contribution in [1.29, 1.82) is 0 Å². The quantitative estimate of drug-likeness (QED) is 0.0264. The third-order valence-corrected chi connectivity index (χ3v) is 14.5. The van der Waals surface area contributed by atoms with E-state index >= 15 is 0 Å². The minimum Gasteiger partial charge on any atom is -0.462 e. The van der Waals surface area contributed by atoms with Crippen LogP contribution in [-0.4, -0.2) is 49.3 Å². The van der Waals surface area contributed by atoms with Crippen LogP contribution in [0.25, 0.3) is 0 Å². The molecule has 0 aromatic rings. The van der Waals surface area contributed by atoms with Crippen molar-refractivity contribution in [3.8, 4) is 0 Å². The number of carbonyl (C=O) groups is 2. The lowest BCUT2D eigenvalue weighted by Gasteiger charge is -2.19. The highest BCUT2D eigenvalue weighted by atomic mass is 31.2. The first-order chi connectivity index (χ1) is 34.3. The zero-order valence-corrected chi connectivity index (χ0v) is 47.2. The maximum Gasteiger partial charge on any atom is 0.472 e. The molecule has 0 fully saturated rings. The zero-order valence-electron chi connectivity index (χ0n) is 46.3. The molecule has 0 saturated carbocycles. The summed E-state index contributed by atoms with van der Waals surface area (Å²) in [5.74, 6) is -0.824. The topological polar surface area (TPSA) is 134 Å². The predicted molar refractivity (Wildman–Crippen MR) is 298 cm³/mol. The van der Waals surface area contributed by atoms with Crippen molar-refractivity contribution in [2.24, 2.45) is 5.73 Å². The van der Waals surface area contributed by atoms with Crippen molar-refractivity contribution in [2.45, 2.75) is 322 Å². The predicted octanol–water partition coefficient (Wildman–Crippen LogP) is 19.0. The normalized spacial score (nSPS) is 13.1. The molecule has 0 aromatic carbocycles. The first-order valence-electron chi connectivity index (χ1n) is 30.3. The van der Waals surface area contributed by atoms with E-state index in [1.807, 2.05) is 0 Å². The molecule has 2 atom stereocenters. The molecule has 10 heteroatoms. The van der Waals surface area contributed by atoms with Gasteiger partial charge in [0.05, 0.1) is 13.2 Å². The smallest absolute Gasteiger partial charge is 0.462 e. The van der Waals surface area contributed by atoms with E-state index in [4.69, 9.17) is 24.3 Å². The van der Waals surface area contributed by atoms with Crippen LogP contribution < -0.4 is 5.73 Å². The van der Waals surface area contributed by atoms with Crippen LogP contribution >= 0.6 is 7.82 Å². The van der Waals surface area contributed by atoms with E-state index < -0.39 is 26.5 Å². The minimum atomic E-state index is -4.38. The summed E-state index contributed by atoms with van der Waals surface area (Å²) in [5, 5.41) is 0. The molecule has 0 saturated heterocycles. The molecule has 0 aliphatic rings. The lowest BCUT2D eigenvalue weighted by atomic mass is 10.0. The fourth-order valence-electron chi connectivity index (χ4n) is 9.04. The summed E-state index contributed by atoms with van der Waals surface area (Å²) in [6, 6.07) is 0. The SMILES string of the molecule is CCCCC/C=C\CCCCCCCC(=O)OCC(COP(=O)(O)OCCN)OC(=O)CCCCCCCCCCCCCCCCCCCCCCCCCCC/C=C\CCCCCCCCCC. The number of allylic oxidation sites excluding steroid dienone is 4. The Morgan fingerprint density at radius 1 is 0.414 bits per heavy atom. The Labute approximate surface area is 433 Å². The number of ether oxygens (including phenoxy) is 2. The van der Waals surface area contributed by atoms with Gasteiger partial charge in [-0.2, -0.15) is 0 Å². The van der Waals surface area contributed by atoms with Crippen LogP contribution in [0.4, 0.5) is 0 Å². The third-order valence-electron chi connectivity index (χ3n) is 13.6. The average Bonchev–Trinajstić information content (AvgIpc) is 3.35. The van der Waals surface area contributed by atoms with Gasteiger partial charge in [0, 0.05) is 19.4 Å². The van der Waals surface area contributed by atoms with Gasteiger partial charge >= 0.3 is 19.8 Å². The van der Waals surface area contributed by atoms with Gasteiger partial charge in [0.15, 0.2) is 6.10 Å². The van der Waals surface area contributed by atoms with Gasteiger partial charge in [-0.25, -0.2) is 4.57 Å². The molecule has 414 valence electrons. The Balaban J connectivity index is 3.73. The molecule has 0 heterocycles. The van der Waals surface area contributed by atoms with Gasteiger partial charge in [-0.05, 0) is 64.2 Å². The van der Waals surface area contributed by atoms with Gasteiger partial charge in [-0.15, -0.1) is 0 Å².